The highest BCUT2D eigenvalue weighted by atomic mass is 16.2. The molecule has 1 unspecified atom stereocenters. The zero-order chi connectivity index (χ0) is 10.0. The maximum Gasteiger partial charge on any atom is 0.322 e. The molecule has 1 fully saturated rings. The van der Waals surface area contributed by atoms with Gasteiger partial charge in [0.15, 0.2) is 0 Å². The summed E-state index contributed by atoms with van der Waals surface area (Å²) in [6.07, 6.45) is 0.368. The summed E-state index contributed by atoms with van der Waals surface area (Å²) in [6.45, 7) is 3.21. The minimum absolute atomic E-state index is 0.0222. The predicted molar refractivity (Wildman–Crippen MR) is 44.9 cm³/mol. The molecule has 1 aliphatic heterocycles. The van der Waals surface area contributed by atoms with Crippen molar-refractivity contribution in [2.75, 3.05) is 0 Å². The smallest absolute Gasteiger partial charge is 0.322 e. The molecule has 0 aliphatic carbocycles. The van der Waals surface area contributed by atoms with Gasteiger partial charge >= 0.3 is 6.03 Å². The zero-order valence-electron chi connectivity index (χ0n) is 7.59. The first-order valence-electron chi connectivity index (χ1n) is 4.12. The summed E-state index contributed by atoms with van der Waals surface area (Å²) >= 11 is 0. The average Bonchev–Trinajstić information content (AvgIpc) is 2.30. The van der Waals surface area contributed by atoms with Gasteiger partial charge in [-0.25, -0.2) is 4.79 Å². The molecule has 0 aromatic rings. The van der Waals surface area contributed by atoms with Crippen LogP contribution >= 0.6 is 0 Å². The van der Waals surface area contributed by atoms with E-state index in [1.165, 1.54) is 6.92 Å². The zero-order valence-corrected chi connectivity index (χ0v) is 7.59. The molecule has 1 heterocycles. The molecule has 0 aromatic carbocycles. The summed E-state index contributed by atoms with van der Waals surface area (Å²) in [5.41, 5.74) is 0. The van der Waals surface area contributed by atoms with Gasteiger partial charge in [-0.05, 0) is 13.3 Å². The molecule has 5 heteroatoms. The van der Waals surface area contributed by atoms with E-state index in [1.54, 1.807) is 6.92 Å². The Morgan fingerprint density at radius 1 is 1.54 bits per heavy atom. The van der Waals surface area contributed by atoms with Gasteiger partial charge in [-0.2, -0.15) is 0 Å². The van der Waals surface area contributed by atoms with E-state index < -0.39 is 12.1 Å². The second kappa shape index (κ2) is 3.55. The monoisotopic (exact) mass is 184 g/mol. The Hall–Kier alpha value is -1.39. The Balaban J connectivity index is 2.50. The Kier molecular flexibility index (Phi) is 2.65. The predicted octanol–water partition coefficient (Wildman–Crippen LogP) is -0.190. The van der Waals surface area contributed by atoms with Gasteiger partial charge in [-0.15, -0.1) is 0 Å². The summed E-state index contributed by atoms with van der Waals surface area (Å²) < 4.78 is 0. The Morgan fingerprint density at radius 2 is 2.15 bits per heavy atom. The molecule has 3 amide bonds. The van der Waals surface area contributed by atoms with Crippen molar-refractivity contribution in [1.29, 1.82) is 0 Å². The van der Waals surface area contributed by atoms with Crippen LogP contribution in [-0.4, -0.2) is 23.8 Å². The molecule has 1 saturated heterocycles. The van der Waals surface area contributed by atoms with E-state index in [0.717, 1.165) is 0 Å². The lowest BCUT2D eigenvalue weighted by Gasteiger charge is -2.10. The molecule has 0 radical (unpaired) electrons. The molecular weight excluding hydrogens is 172 g/mol. The van der Waals surface area contributed by atoms with Crippen molar-refractivity contribution < 1.29 is 14.4 Å². The molecule has 1 rings (SSSR count). The molecule has 0 bridgehead atoms. The SMILES string of the molecule is CC(=O)[C@H](C)CC1NC(=O)NC1=O. The van der Waals surface area contributed by atoms with E-state index in [0.29, 0.717) is 6.42 Å². The van der Waals surface area contributed by atoms with Crippen molar-refractivity contribution in [2.45, 2.75) is 26.3 Å². The van der Waals surface area contributed by atoms with Gasteiger partial charge < -0.3 is 5.32 Å². The first-order valence-corrected chi connectivity index (χ1v) is 4.12. The fourth-order valence-corrected chi connectivity index (χ4v) is 1.14. The van der Waals surface area contributed by atoms with Gasteiger partial charge in [0.1, 0.15) is 11.8 Å². The molecular formula is C8H12N2O3. The normalized spacial score (nSPS) is 23.7. The fraction of sp³-hybridized carbons (Fsp3) is 0.625. The number of imide groups is 1. The highest BCUT2D eigenvalue weighted by Gasteiger charge is 2.31. The van der Waals surface area contributed by atoms with Crippen molar-refractivity contribution in [3.8, 4) is 0 Å². The number of hydrogen-bond acceptors (Lipinski definition) is 3. The highest BCUT2D eigenvalue weighted by Crippen LogP contribution is 2.09. The fourth-order valence-electron chi connectivity index (χ4n) is 1.14. The van der Waals surface area contributed by atoms with Crippen LogP contribution in [0.25, 0.3) is 0 Å². The minimum atomic E-state index is -0.550. The summed E-state index contributed by atoms with van der Waals surface area (Å²) in [5, 5.41) is 4.55. The summed E-state index contributed by atoms with van der Waals surface area (Å²) in [4.78, 5) is 32.6. The minimum Gasteiger partial charge on any atom is -0.326 e. The first kappa shape index (κ1) is 9.70. The van der Waals surface area contributed by atoms with E-state index in [2.05, 4.69) is 10.6 Å². The van der Waals surface area contributed by atoms with Crippen molar-refractivity contribution >= 4 is 17.7 Å². The molecule has 0 aromatic heterocycles. The molecule has 0 saturated carbocycles. The number of rotatable bonds is 3. The summed E-state index contributed by atoms with van der Waals surface area (Å²) in [7, 11) is 0. The lowest BCUT2D eigenvalue weighted by atomic mass is 9.98. The second-order valence-electron chi connectivity index (χ2n) is 3.26. The van der Waals surface area contributed by atoms with Gasteiger partial charge in [0.25, 0.3) is 5.91 Å². The summed E-state index contributed by atoms with van der Waals surface area (Å²) in [5.74, 6) is -0.527. The number of ketones is 1. The first-order chi connectivity index (χ1) is 6.00. The quantitative estimate of drug-likeness (QED) is 0.597. The lowest BCUT2D eigenvalue weighted by Crippen LogP contribution is -2.32. The largest absolute Gasteiger partial charge is 0.326 e. The molecule has 1 aliphatic rings. The number of carbonyl (C=O) groups is 3. The molecule has 13 heavy (non-hydrogen) atoms. The third-order valence-corrected chi connectivity index (χ3v) is 2.14. The number of hydrogen-bond donors (Lipinski definition) is 2. The van der Waals surface area contributed by atoms with Crippen LogP contribution in [-0.2, 0) is 9.59 Å². The van der Waals surface area contributed by atoms with Gasteiger partial charge in [-0.1, -0.05) is 6.92 Å². The van der Waals surface area contributed by atoms with Crippen molar-refractivity contribution in [3.63, 3.8) is 0 Å². The number of urea groups is 1. The maximum absolute atomic E-state index is 11.0. The van der Waals surface area contributed by atoms with Crippen LogP contribution in [0, 0.1) is 5.92 Å². The third-order valence-electron chi connectivity index (χ3n) is 2.14. The molecule has 0 spiro atoms. The van der Waals surface area contributed by atoms with Crippen LogP contribution < -0.4 is 10.6 Å². The van der Waals surface area contributed by atoms with Crippen LogP contribution in [0.4, 0.5) is 4.79 Å². The number of Topliss-reactive ketones (excluding diaryl/α,β-unsaturated/α-hetero) is 1. The molecule has 2 atom stereocenters. The molecule has 5 nitrogen and oxygen atoms in total. The van der Waals surface area contributed by atoms with E-state index in [1.807, 2.05) is 0 Å². The van der Waals surface area contributed by atoms with Crippen LogP contribution in [0.5, 0.6) is 0 Å². The van der Waals surface area contributed by atoms with Crippen LogP contribution in [0.3, 0.4) is 0 Å². The molecule has 72 valence electrons. The second-order valence-corrected chi connectivity index (χ2v) is 3.26. The van der Waals surface area contributed by atoms with Crippen LogP contribution in [0.2, 0.25) is 0 Å². The Labute approximate surface area is 75.9 Å². The van der Waals surface area contributed by atoms with E-state index in [-0.39, 0.29) is 17.6 Å². The van der Waals surface area contributed by atoms with E-state index >= 15 is 0 Å². The van der Waals surface area contributed by atoms with Gasteiger partial charge in [0.2, 0.25) is 0 Å². The van der Waals surface area contributed by atoms with Crippen LogP contribution in [0.15, 0.2) is 0 Å². The van der Waals surface area contributed by atoms with Crippen molar-refractivity contribution in [3.05, 3.63) is 0 Å². The lowest BCUT2D eigenvalue weighted by molar-refractivity contribution is -0.122. The number of amides is 3. The van der Waals surface area contributed by atoms with Gasteiger partial charge in [-0.3, -0.25) is 14.9 Å². The van der Waals surface area contributed by atoms with Gasteiger partial charge in [0.05, 0.1) is 0 Å². The number of carbonyl (C=O) groups excluding carboxylic acids is 3. The van der Waals surface area contributed by atoms with E-state index in [4.69, 9.17) is 0 Å². The third kappa shape index (κ3) is 2.27. The average molecular weight is 184 g/mol. The van der Waals surface area contributed by atoms with Gasteiger partial charge in [0, 0.05) is 5.92 Å². The van der Waals surface area contributed by atoms with Crippen LogP contribution in [0.1, 0.15) is 20.3 Å². The highest BCUT2D eigenvalue weighted by molar-refractivity contribution is 6.04. The standard InChI is InChI=1S/C8H12N2O3/c1-4(5(2)11)3-6-7(12)10-8(13)9-6/h4,6H,3H2,1-2H3,(H2,9,10,12,13)/t4-,6?/m1/s1. The maximum atomic E-state index is 11.0. The summed E-state index contributed by atoms with van der Waals surface area (Å²) in [6, 6.07) is -1.03. The Morgan fingerprint density at radius 3 is 2.54 bits per heavy atom. The van der Waals surface area contributed by atoms with Crippen molar-refractivity contribution in [2.24, 2.45) is 5.92 Å². The van der Waals surface area contributed by atoms with E-state index in [9.17, 15) is 14.4 Å². The Bertz CT molecular complexity index is 262. The van der Waals surface area contributed by atoms with Crippen molar-refractivity contribution in [1.82, 2.24) is 10.6 Å². The number of nitrogens with one attached hydrogen (secondary N) is 2. The molecule has 2 N–H and O–H groups in total. The topological polar surface area (TPSA) is 75.3 Å².